The van der Waals surface area contributed by atoms with E-state index >= 15 is 0 Å². The highest BCUT2D eigenvalue weighted by Crippen LogP contribution is 2.27. The lowest BCUT2D eigenvalue weighted by Crippen LogP contribution is -2.28. The summed E-state index contributed by atoms with van der Waals surface area (Å²) in [5.41, 5.74) is 12.1. The van der Waals surface area contributed by atoms with Crippen molar-refractivity contribution in [2.45, 2.75) is 6.04 Å². The number of pyridine rings is 1. The fourth-order valence-electron chi connectivity index (χ4n) is 1.56. The van der Waals surface area contributed by atoms with Crippen LogP contribution in [0.25, 0.3) is 10.9 Å². The van der Waals surface area contributed by atoms with Crippen LogP contribution in [0.1, 0.15) is 11.6 Å². The molecule has 4 nitrogen and oxygen atoms in total. The van der Waals surface area contributed by atoms with Crippen LogP contribution < -0.4 is 11.5 Å². The van der Waals surface area contributed by atoms with E-state index in [0.29, 0.717) is 16.1 Å². The molecule has 0 radical (unpaired) electrons. The van der Waals surface area contributed by atoms with E-state index in [1.807, 2.05) is 6.07 Å². The van der Waals surface area contributed by atoms with Crippen molar-refractivity contribution in [3.8, 4) is 0 Å². The summed E-state index contributed by atoms with van der Waals surface area (Å²) in [7, 11) is 0. The highest BCUT2D eigenvalue weighted by Gasteiger charge is 2.16. The molecule has 4 N–H and O–H groups in total. The van der Waals surface area contributed by atoms with Crippen LogP contribution in [-0.4, -0.2) is 10.9 Å². The van der Waals surface area contributed by atoms with Gasteiger partial charge in [0.05, 0.1) is 5.52 Å². The molecule has 16 heavy (non-hydrogen) atoms. The van der Waals surface area contributed by atoms with Crippen molar-refractivity contribution in [1.82, 2.24) is 4.98 Å². The summed E-state index contributed by atoms with van der Waals surface area (Å²) < 4.78 is 0. The maximum Gasteiger partial charge on any atom is 0.239 e. The topological polar surface area (TPSA) is 82.0 Å². The van der Waals surface area contributed by atoms with Crippen LogP contribution in [0.2, 0.25) is 5.02 Å². The van der Waals surface area contributed by atoms with Gasteiger partial charge in [0.1, 0.15) is 6.04 Å². The van der Waals surface area contributed by atoms with Gasteiger partial charge >= 0.3 is 0 Å². The lowest BCUT2D eigenvalue weighted by atomic mass is 10.0. The van der Waals surface area contributed by atoms with Gasteiger partial charge in [-0.05, 0) is 18.2 Å². The molecule has 1 atom stereocenters. The molecule has 0 aliphatic heterocycles. The van der Waals surface area contributed by atoms with Gasteiger partial charge in [-0.1, -0.05) is 17.7 Å². The average molecular weight is 236 g/mol. The van der Waals surface area contributed by atoms with Crippen molar-refractivity contribution in [3.05, 3.63) is 41.0 Å². The molecule has 0 aliphatic carbocycles. The Hall–Kier alpha value is -1.65. The minimum Gasteiger partial charge on any atom is -0.368 e. The number of carbonyl (C=O) groups is 1. The standard InChI is InChI=1S/C11H10ClN3O/c12-8-4-3-7(9(13)11(14)16)10-6(8)2-1-5-15-10/h1-5,9H,13H2,(H2,14,16). The van der Waals surface area contributed by atoms with Crippen molar-refractivity contribution in [2.24, 2.45) is 11.5 Å². The second-order valence-electron chi connectivity index (χ2n) is 3.42. The van der Waals surface area contributed by atoms with Crippen molar-refractivity contribution in [3.63, 3.8) is 0 Å². The maximum absolute atomic E-state index is 11.1. The van der Waals surface area contributed by atoms with E-state index in [-0.39, 0.29) is 0 Å². The Kier molecular flexibility index (Phi) is 2.77. The van der Waals surface area contributed by atoms with Crippen molar-refractivity contribution in [2.75, 3.05) is 0 Å². The fraction of sp³-hybridized carbons (Fsp3) is 0.0909. The van der Waals surface area contributed by atoms with E-state index in [1.165, 1.54) is 0 Å². The van der Waals surface area contributed by atoms with Gasteiger partial charge in [-0.2, -0.15) is 0 Å². The number of benzene rings is 1. The van der Waals surface area contributed by atoms with Crippen LogP contribution in [0.5, 0.6) is 0 Å². The molecule has 0 fully saturated rings. The number of nitrogens with zero attached hydrogens (tertiary/aromatic N) is 1. The van der Waals surface area contributed by atoms with E-state index in [1.54, 1.807) is 24.4 Å². The van der Waals surface area contributed by atoms with E-state index in [4.69, 9.17) is 23.1 Å². The Balaban J connectivity index is 2.72. The Morgan fingerprint density at radius 2 is 2.12 bits per heavy atom. The first-order chi connectivity index (χ1) is 7.61. The number of rotatable bonds is 2. The largest absolute Gasteiger partial charge is 0.368 e. The number of nitrogens with two attached hydrogens (primary N) is 2. The summed E-state index contributed by atoms with van der Waals surface area (Å²) in [5, 5.41) is 1.34. The predicted molar refractivity (Wildman–Crippen MR) is 62.9 cm³/mol. The van der Waals surface area contributed by atoms with Gasteiger partial charge in [0.25, 0.3) is 0 Å². The molecule has 5 heteroatoms. The van der Waals surface area contributed by atoms with Gasteiger partial charge in [0.2, 0.25) is 5.91 Å². The van der Waals surface area contributed by atoms with E-state index < -0.39 is 11.9 Å². The molecule has 82 valence electrons. The fourth-order valence-corrected chi connectivity index (χ4v) is 1.78. The number of hydrogen-bond donors (Lipinski definition) is 2. The zero-order valence-corrected chi connectivity index (χ0v) is 9.11. The highest BCUT2D eigenvalue weighted by atomic mass is 35.5. The van der Waals surface area contributed by atoms with Crippen molar-refractivity contribution in [1.29, 1.82) is 0 Å². The van der Waals surface area contributed by atoms with Gasteiger partial charge in [-0.25, -0.2) is 0 Å². The number of aromatic nitrogens is 1. The van der Waals surface area contributed by atoms with Crippen molar-refractivity contribution >= 4 is 28.4 Å². The molecule has 1 aromatic heterocycles. The number of amides is 1. The summed E-state index contributed by atoms with van der Waals surface area (Å²) in [5.74, 6) is -0.589. The quantitative estimate of drug-likeness (QED) is 0.825. The van der Waals surface area contributed by atoms with Gasteiger partial charge < -0.3 is 11.5 Å². The summed E-state index contributed by atoms with van der Waals surface area (Å²) in [6, 6.07) is 6.08. The Morgan fingerprint density at radius 1 is 1.38 bits per heavy atom. The molecule has 0 saturated carbocycles. The lowest BCUT2D eigenvalue weighted by Gasteiger charge is -2.11. The zero-order chi connectivity index (χ0) is 11.7. The number of primary amides is 1. The highest BCUT2D eigenvalue weighted by molar-refractivity contribution is 6.35. The molecule has 2 aromatic rings. The molecule has 0 bridgehead atoms. The third-order valence-electron chi connectivity index (χ3n) is 2.39. The van der Waals surface area contributed by atoms with Crippen LogP contribution in [-0.2, 0) is 4.79 Å². The van der Waals surface area contributed by atoms with E-state index in [0.717, 1.165) is 5.39 Å². The SMILES string of the molecule is NC(=O)C(N)c1ccc(Cl)c2cccnc12. The Labute approximate surface area is 97.2 Å². The normalized spacial score (nSPS) is 12.6. The van der Waals surface area contributed by atoms with Gasteiger partial charge in [-0.15, -0.1) is 0 Å². The minimum atomic E-state index is -0.866. The van der Waals surface area contributed by atoms with Crippen molar-refractivity contribution < 1.29 is 4.79 Å². The van der Waals surface area contributed by atoms with Crippen LogP contribution in [0, 0.1) is 0 Å². The Morgan fingerprint density at radius 3 is 2.81 bits per heavy atom. The monoisotopic (exact) mass is 235 g/mol. The first kappa shape index (κ1) is 10.9. The molecule has 0 aliphatic rings. The summed E-state index contributed by atoms with van der Waals surface area (Å²) in [4.78, 5) is 15.2. The molecule has 0 saturated heterocycles. The van der Waals surface area contributed by atoms with E-state index in [2.05, 4.69) is 4.98 Å². The Bertz CT molecular complexity index is 556. The van der Waals surface area contributed by atoms with Gasteiger partial charge in [0.15, 0.2) is 0 Å². The van der Waals surface area contributed by atoms with Crippen LogP contribution in [0.3, 0.4) is 0 Å². The number of halogens is 1. The minimum absolute atomic E-state index is 0.573. The molecular formula is C11H10ClN3O. The lowest BCUT2D eigenvalue weighted by molar-refractivity contribution is -0.119. The molecule has 1 heterocycles. The summed E-state index contributed by atoms with van der Waals surface area (Å²) in [6.07, 6.45) is 1.62. The predicted octanol–water partition coefficient (Wildman–Crippen LogP) is 1.37. The van der Waals surface area contributed by atoms with Gasteiger partial charge in [0, 0.05) is 22.2 Å². The molecular weight excluding hydrogens is 226 g/mol. The first-order valence-electron chi connectivity index (χ1n) is 4.69. The van der Waals surface area contributed by atoms with E-state index in [9.17, 15) is 4.79 Å². The molecule has 1 amide bonds. The molecule has 2 rings (SSSR count). The number of fused-ring (bicyclic) bond motifs is 1. The second-order valence-corrected chi connectivity index (χ2v) is 3.82. The summed E-state index contributed by atoms with van der Waals surface area (Å²) >= 11 is 6.02. The maximum atomic E-state index is 11.1. The number of carbonyl (C=O) groups excluding carboxylic acids is 1. The first-order valence-corrected chi connectivity index (χ1v) is 5.07. The molecule has 0 spiro atoms. The second kappa shape index (κ2) is 4.08. The third kappa shape index (κ3) is 1.73. The van der Waals surface area contributed by atoms with Crippen LogP contribution >= 0.6 is 11.6 Å². The third-order valence-corrected chi connectivity index (χ3v) is 2.72. The smallest absolute Gasteiger partial charge is 0.239 e. The zero-order valence-electron chi connectivity index (χ0n) is 8.35. The summed E-state index contributed by atoms with van der Waals surface area (Å²) in [6.45, 7) is 0. The molecule has 1 aromatic carbocycles. The average Bonchev–Trinajstić information content (AvgIpc) is 2.29. The van der Waals surface area contributed by atoms with Crippen LogP contribution in [0.15, 0.2) is 30.5 Å². The van der Waals surface area contributed by atoms with Crippen LogP contribution in [0.4, 0.5) is 0 Å². The van der Waals surface area contributed by atoms with Gasteiger partial charge in [-0.3, -0.25) is 9.78 Å². The number of hydrogen-bond acceptors (Lipinski definition) is 3. The molecule has 1 unspecified atom stereocenters.